The van der Waals surface area contributed by atoms with Crippen LogP contribution in [-0.2, 0) is 9.59 Å². The highest BCUT2D eigenvalue weighted by Gasteiger charge is 2.39. The average molecular weight is 268 g/mol. The first-order valence-corrected chi connectivity index (χ1v) is 7.53. The maximum atomic E-state index is 12.5. The molecule has 0 saturated carbocycles. The zero-order valence-electron chi connectivity index (χ0n) is 12.9. The Balaban J connectivity index is 2.86. The first kappa shape index (κ1) is 16.0. The van der Waals surface area contributed by atoms with Crippen LogP contribution in [0.2, 0.25) is 0 Å². The summed E-state index contributed by atoms with van der Waals surface area (Å²) in [5, 5.41) is 2.87. The summed E-state index contributed by atoms with van der Waals surface area (Å²) >= 11 is 0. The van der Waals surface area contributed by atoms with Gasteiger partial charge >= 0.3 is 0 Å². The second-order valence-corrected chi connectivity index (χ2v) is 5.99. The molecule has 1 fully saturated rings. The summed E-state index contributed by atoms with van der Waals surface area (Å²) < 4.78 is 0. The quantitative estimate of drug-likeness (QED) is 0.802. The van der Waals surface area contributed by atoms with E-state index in [4.69, 9.17) is 0 Å². The van der Waals surface area contributed by atoms with Crippen LogP contribution in [0.5, 0.6) is 0 Å². The van der Waals surface area contributed by atoms with Gasteiger partial charge in [0.25, 0.3) is 0 Å². The van der Waals surface area contributed by atoms with Gasteiger partial charge in [0.05, 0.1) is 0 Å². The molecule has 0 aromatic rings. The first-order chi connectivity index (χ1) is 8.92. The Kier molecular flexibility index (Phi) is 5.83. The lowest BCUT2D eigenvalue weighted by Crippen LogP contribution is -2.63. The van der Waals surface area contributed by atoms with Crippen molar-refractivity contribution in [2.24, 2.45) is 11.8 Å². The van der Waals surface area contributed by atoms with E-state index in [0.29, 0.717) is 24.8 Å². The molecule has 2 amide bonds. The van der Waals surface area contributed by atoms with Crippen LogP contribution in [0, 0.1) is 11.8 Å². The number of carbonyl (C=O) groups excluding carboxylic acids is 2. The molecule has 1 heterocycles. The molecule has 110 valence electrons. The van der Waals surface area contributed by atoms with Crippen molar-refractivity contribution in [3.63, 3.8) is 0 Å². The van der Waals surface area contributed by atoms with E-state index in [1.165, 1.54) is 0 Å². The van der Waals surface area contributed by atoms with Crippen molar-refractivity contribution in [2.75, 3.05) is 6.54 Å². The fourth-order valence-corrected chi connectivity index (χ4v) is 2.45. The first-order valence-electron chi connectivity index (χ1n) is 7.53. The van der Waals surface area contributed by atoms with Crippen molar-refractivity contribution in [2.45, 2.75) is 66.0 Å². The van der Waals surface area contributed by atoms with E-state index >= 15 is 0 Å². The van der Waals surface area contributed by atoms with E-state index in [1.54, 1.807) is 0 Å². The van der Waals surface area contributed by atoms with Crippen LogP contribution in [0.4, 0.5) is 0 Å². The van der Waals surface area contributed by atoms with E-state index in [-0.39, 0.29) is 23.9 Å². The largest absolute Gasteiger partial charge is 0.343 e. The third kappa shape index (κ3) is 3.71. The Hall–Kier alpha value is -1.06. The van der Waals surface area contributed by atoms with Crippen LogP contribution in [0.1, 0.15) is 53.9 Å². The second-order valence-electron chi connectivity index (χ2n) is 5.99. The zero-order valence-corrected chi connectivity index (χ0v) is 12.9. The van der Waals surface area contributed by atoms with E-state index in [9.17, 15) is 9.59 Å². The summed E-state index contributed by atoms with van der Waals surface area (Å²) in [6.07, 6.45) is 2.32. The molecule has 1 aliphatic rings. The molecule has 0 aliphatic carbocycles. The van der Waals surface area contributed by atoms with Crippen molar-refractivity contribution in [3.8, 4) is 0 Å². The maximum Gasteiger partial charge on any atom is 0.245 e. The fourth-order valence-electron chi connectivity index (χ4n) is 2.45. The molecule has 4 heteroatoms. The molecule has 0 aromatic carbocycles. The van der Waals surface area contributed by atoms with E-state index in [1.807, 2.05) is 18.7 Å². The number of nitrogens with one attached hydrogen (secondary N) is 1. The smallest absolute Gasteiger partial charge is 0.245 e. The summed E-state index contributed by atoms with van der Waals surface area (Å²) in [7, 11) is 0. The molecule has 19 heavy (non-hydrogen) atoms. The minimum atomic E-state index is -0.320. The molecule has 0 radical (unpaired) electrons. The number of rotatable bonds is 6. The number of nitrogens with zero attached hydrogens (tertiary/aromatic N) is 1. The predicted molar refractivity (Wildman–Crippen MR) is 76.6 cm³/mol. The molecule has 3 unspecified atom stereocenters. The van der Waals surface area contributed by atoms with Gasteiger partial charge in [-0.2, -0.15) is 0 Å². The molecule has 3 atom stereocenters. The molecule has 0 aromatic heterocycles. The maximum absolute atomic E-state index is 12.5. The zero-order chi connectivity index (χ0) is 14.6. The summed E-state index contributed by atoms with van der Waals surface area (Å²) in [4.78, 5) is 26.4. The topological polar surface area (TPSA) is 49.4 Å². The average Bonchev–Trinajstić information content (AvgIpc) is 2.35. The van der Waals surface area contributed by atoms with Gasteiger partial charge in [-0.25, -0.2) is 0 Å². The molecule has 1 saturated heterocycles. The van der Waals surface area contributed by atoms with Crippen LogP contribution in [0.25, 0.3) is 0 Å². The van der Waals surface area contributed by atoms with Crippen molar-refractivity contribution < 1.29 is 9.59 Å². The minimum absolute atomic E-state index is 0.0107. The lowest BCUT2D eigenvalue weighted by Gasteiger charge is -2.40. The number of piperazine rings is 1. The van der Waals surface area contributed by atoms with E-state index in [2.05, 4.69) is 26.1 Å². The van der Waals surface area contributed by atoms with Crippen LogP contribution in [0.3, 0.4) is 0 Å². The van der Waals surface area contributed by atoms with Gasteiger partial charge in [-0.15, -0.1) is 0 Å². The van der Waals surface area contributed by atoms with Gasteiger partial charge in [0.15, 0.2) is 0 Å². The van der Waals surface area contributed by atoms with E-state index in [0.717, 1.165) is 12.8 Å². The molecule has 1 rings (SSSR count). The number of hydrogen-bond acceptors (Lipinski definition) is 2. The van der Waals surface area contributed by atoms with Gasteiger partial charge in [-0.05, 0) is 24.7 Å². The molecular formula is C15H28N2O2. The highest BCUT2D eigenvalue weighted by atomic mass is 16.2. The van der Waals surface area contributed by atoms with Crippen molar-refractivity contribution >= 4 is 11.8 Å². The van der Waals surface area contributed by atoms with Gasteiger partial charge in [0.1, 0.15) is 12.1 Å². The van der Waals surface area contributed by atoms with Crippen LogP contribution >= 0.6 is 0 Å². The third-order valence-electron chi connectivity index (χ3n) is 4.16. The summed E-state index contributed by atoms with van der Waals surface area (Å²) in [5.74, 6) is 1.03. The highest BCUT2D eigenvalue weighted by molar-refractivity contribution is 5.96. The normalized spacial score (nSPS) is 25.7. The third-order valence-corrected chi connectivity index (χ3v) is 4.16. The molecular weight excluding hydrogens is 240 g/mol. The van der Waals surface area contributed by atoms with Gasteiger partial charge in [0.2, 0.25) is 11.8 Å². The van der Waals surface area contributed by atoms with Crippen LogP contribution in [0.15, 0.2) is 0 Å². The number of hydrogen-bond donors (Lipinski definition) is 1. The summed E-state index contributed by atoms with van der Waals surface area (Å²) in [6.45, 7) is 11.1. The minimum Gasteiger partial charge on any atom is -0.343 e. The van der Waals surface area contributed by atoms with Crippen molar-refractivity contribution in [1.29, 1.82) is 0 Å². The lowest BCUT2D eigenvalue weighted by molar-refractivity contribution is -0.150. The van der Waals surface area contributed by atoms with Gasteiger partial charge in [-0.1, -0.05) is 41.0 Å². The molecule has 1 N–H and O–H groups in total. The summed E-state index contributed by atoms with van der Waals surface area (Å²) in [5.41, 5.74) is 0. The SMILES string of the molecule is CCCC1NC(=O)C(CC)N(CC(C)C(C)C)C1=O. The molecule has 1 aliphatic heterocycles. The Morgan fingerprint density at radius 3 is 2.32 bits per heavy atom. The Labute approximate surface area is 116 Å². The Bertz CT molecular complexity index is 328. The van der Waals surface area contributed by atoms with Crippen molar-refractivity contribution in [1.82, 2.24) is 10.2 Å². The van der Waals surface area contributed by atoms with Crippen LogP contribution < -0.4 is 5.32 Å². The van der Waals surface area contributed by atoms with E-state index < -0.39 is 0 Å². The van der Waals surface area contributed by atoms with Gasteiger partial charge in [0, 0.05) is 6.54 Å². The number of carbonyl (C=O) groups is 2. The molecule has 4 nitrogen and oxygen atoms in total. The van der Waals surface area contributed by atoms with Crippen LogP contribution in [-0.4, -0.2) is 35.3 Å². The predicted octanol–water partition coefficient (Wildman–Crippen LogP) is 2.18. The fraction of sp³-hybridized carbons (Fsp3) is 0.867. The summed E-state index contributed by atoms with van der Waals surface area (Å²) in [6, 6.07) is -0.610. The second kappa shape index (κ2) is 6.92. The van der Waals surface area contributed by atoms with Crippen molar-refractivity contribution in [3.05, 3.63) is 0 Å². The molecule has 0 spiro atoms. The monoisotopic (exact) mass is 268 g/mol. The Morgan fingerprint density at radius 1 is 1.21 bits per heavy atom. The lowest BCUT2D eigenvalue weighted by atomic mass is 9.94. The highest BCUT2D eigenvalue weighted by Crippen LogP contribution is 2.20. The van der Waals surface area contributed by atoms with Gasteiger partial charge < -0.3 is 10.2 Å². The molecule has 0 bridgehead atoms. The standard InChI is InChI=1S/C15H28N2O2/c1-6-8-12-15(19)17(9-11(5)10(3)4)13(7-2)14(18)16-12/h10-13H,6-9H2,1-5H3,(H,16,18). The Morgan fingerprint density at radius 2 is 1.84 bits per heavy atom. The number of amides is 2. The van der Waals surface area contributed by atoms with Gasteiger partial charge in [-0.3, -0.25) is 9.59 Å².